The van der Waals surface area contributed by atoms with Gasteiger partial charge in [-0.15, -0.1) is 0 Å². The van der Waals surface area contributed by atoms with E-state index in [1.165, 1.54) is 47.3 Å². The van der Waals surface area contributed by atoms with E-state index in [-0.39, 0.29) is 29.8 Å². The molecule has 4 nitrogen and oxygen atoms in total. The van der Waals surface area contributed by atoms with Crippen molar-refractivity contribution in [3.8, 4) is 11.5 Å². The van der Waals surface area contributed by atoms with E-state index < -0.39 is 23.3 Å². The van der Waals surface area contributed by atoms with Crippen LogP contribution in [0.5, 0.6) is 11.5 Å². The summed E-state index contributed by atoms with van der Waals surface area (Å²) in [6, 6.07) is 19.4. The topological polar surface area (TPSA) is 44.1 Å². The lowest BCUT2D eigenvalue weighted by atomic mass is 10.1. The second-order valence-corrected chi connectivity index (χ2v) is 7.32. The number of ketones is 1. The number of para-hydroxylation sites is 1. The van der Waals surface area contributed by atoms with Gasteiger partial charge in [0, 0.05) is 6.20 Å². The van der Waals surface area contributed by atoms with Crippen LogP contribution in [-0.4, -0.2) is 15.6 Å². The van der Waals surface area contributed by atoms with Crippen LogP contribution in [0.2, 0.25) is 0 Å². The molecule has 0 aliphatic carbocycles. The Labute approximate surface area is 187 Å². The molecule has 0 aliphatic heterocycles. The van der Waals surface area contributed by atoms with Crippen molar-refractivity contribution in [1.82, 2.24) is 9.78 Å². The normalized spacial score (nSPS) is 11.4. The van der Waals surface area contributed by atoms with Gasteiger partial charge in [0.2, 0.25) is 0 Å². The maximum atomic E-state index is 13.8. The number of ether oxygens (including phenoxy) is 1. The Morgan fingerprint density at radius 1 is 0.909 bits per heavy atom. The molecule has 0 aliphatic rings. The number of hydrogen-bond donors (Lipinski definition) is 0. The van der Waals surface area contributed by atoms with Crippen molar-refractivity contribution >= 4 is 5.78 Å². The molecule has 0 atom stereocenters. The van der Waals surface area contributed by atoms with Crippen molar-refractivity contribution in [1.29, 1.82) is 0 Å². The maximum absolute atomic E-state index is 13.8. The molecule has 33 heavy (non-hydrogen) atoms. The molecule has 0 unspecified atom stereocenters. The number of halogens is 4. The highest BCUT2D eigenvalue weighted by molar-refractivity contribution is 5.97. The Kier molecular flexibility index (Phi) is 6.26. The first-order valence-electron chi connectivity index (χ1n) is 10.0. The van der Waals surface area contributed by atoms with Crippen molar-refractivity contribution in [2.45, 2.75) is 19.1 Å². The largest absolute Gasteiger partial charge is 0.457 e. The lowest BCUT2D eigenvalue weighted by Gasteiger charge is -2.15. The highest BCUT2D eigenvalue weighted by Gasteiger charge is 2.34. The molecule has 0 amide bonds. The summed E-state index contributed by atoms with van der Waals surface area (Å²) in [6.07, 6.45) is -3.27. The Morgan fingerprint density at radius 3 is 2.36 bits per heavy atom. The molecular formula is C25H18F4N2O2. The van der Waals surface area contributed by atoms with Gasteiger partial charge in [-0.3, -0.25) is 9.48 Å². The third kappa shape index (κ3) is 5.46. The monoisotopic (exact) mass is 454 g/mol. The number of Topliss-reactive ketones (excluding diaryl/α,β-unsaturated/α-hetero) is 1. The first kappa shape index (κ1) is 22.3. The minimum absolute atomic E-state index is 0.00186. The molecule has 1 heterocycles. The third-order valence-electron chi connectivity index (χ3n) is 4.91. The molecule has 0 N–H and O–H groups in total. The highest BCUT2D eigenvalue weighted by atomic mass is 19.4. The van der Waals surface area contributed by atoms with E-state index in [2.05, 4.69) is 5.10 Å². The summed E-state index contributed by atoms with van der Waals surface area (Å²) < 4.78 is 61.8. The van der Waals surface area contributed by atoms with Gasteiger partial charge in [0.1, 0.15) is 17.3 Å². The van der Waals surface area contributed by atoms with Gasteiger partial charge in [-0.1, -0.05) is 36.4 Å². The van der Waals surface area contributed by atoms with Gasteiger partial charge in [0.05, 0.1) is 29.8 Å². The smallest absolute Gasteiger partial charge is 0.416 e. The van der Waals surface area contributed by atoms with Crippen LogP contribution in [0.1, 0.15) is 27.2 Å². The molecule has 0 spiro atoms. The third-order valence-corrected chi connectivity index (χ3v) is 4.91. The van der Waals surface area contributed by atoms with E-state index in [1.54, 1.807) is 36.4 Å². The lowest BCUT2D eigenvalue weighted by molar-refractivity contribution is -0.138. The van der Waals surface area contributed by atoms with Gasteiger partial charge >= 0.3 is 6.18 Å². The number of nitrogens with zero attached hydrogens (tertiary/aromatic N) is 2. The highest BCUT2D eigenvalue weighted by Crippen LogP contribution is 2.36. The fraction of sp³-hybridized carbons (Fsp3) is 0.120. The van der Waals surface area contributed by atoms with Gasteiger partial charge in [0.25, 0.3) is 0 Å². The van der Waals surface area contributed by atoms with Crippen molar-refractivity contribution in [2.75, 3.05) is 0 Å². The standard InChI is InChI=1S/C25H18F4N2O2/c26-23-9-5-4-8-21(23)24(32)14-18-12-13-31(30-18)16-17-10-11-20(15-22(17)25(27,28)29)33-19-6-2-1-3-7-19/h1-13,15H,14,16H2. The predicted octanol–water partition coefficient (Wildman–Crippen LogP) is 6.31. The molecule has 3 aromatic carbocycles. The van der Waals surface area contributed by atoms with Crippen LogP contribution in [0.25, 0.3) is 0 Å². The molecule has 4 aromatic rings. The van der Waals surface area contributed by atoms with Crippen LogP contribution in [0, 0.1) is 5.82 Å². The summed E-state index contributed by atoms with van der Waals surface area (Å²) in [7, 11) is 0. The zero-order valence-electron chi connectivity index (χ0n) is 17.2. The number of hydrogen-bond acceptors (Lipinski definition) is 3. The number of benzene rings is 3. The Hall–Kier alpha value is -3.94. The van der Waals surface area contributed by atoms with Gasteiger partial charge in [-0.25, -0.2) is 4.39 Å². The molecule has 8 heteroatoms. The fourth-order valence-electron chi connectivity index (χ4n) is 3.35. The van der Waals surface area contributed by atoms with E-state index in [4.69, 9.17) is 4.74 Å². The van der Waals surface area contributed by atoms with Gasteiger partial charge in [-0.05, 0) is 48.0 Å². The molecule has 4 rings (SSSR count). The van der Waals surface area contributed by atoms with Gasteiger partial charge in [-0.2, -0.15) is 18.3 Å². The zero-order valence-corrected chi connectivity index (χ0v) is 17.2. The van der Waals surface area contributed by atoms with Crippen molar-refractivity contribution < 1.29 is 27.1 Å². The molecule has 0 saturated carbocycles. The molecule has 0 fully saturated rings. The second kappa shape index (κ2) is 9.28. The SMILES string of the molecule is O=C(Cc1ccn(Cc2ccc(Oc3ccccc3)cc2C(F)(F)F)n1)c1ccccc1F. The van der Waals surface area contributed by atoms with E-state index >= 15 is 0 Å². The summed E-state index contributed by atoms with van der Waals surface area (Å²) in [6.45, 7) is -0.158. The van der Waals surface area contributed by atoms with Crippen LogP contribution in [0.4, 0.5) is 17.6 Å². The molecular weight excluding hydrogens is 436 g/mol. The van der Waals surface area contributed by atoms with Gasteiger partial charge in [0.15, 0.2) is 5.78 Å². The Bertz CT molecular complexity index is 1270. The predicted molar refractivity (Wildman–Crippen MR) is 114 cm³/mol. The lowest BCUT2D eigenvalue weighted by Crippen LogP contribution is -2.13. The second-order valence-electron chi connectivity index (χ2n) is 7.32. The molecule has 0 saturated heterocycles. The van der Waals surface area contributed by atoms with Crippen LogP contribution in [-0.2, 0) is 19.1 Å². The summed E-state index contributed by atoms with van der Waals surface area (Å²) in [4.78, 5) is 12.3. The zero-order chi connectivity index (χ0) is 23.4. The van der Waals surface area contributed by atoms with Gasteiger partial charge < -0.3 is 4.74 Å². The van der Waals surface area contributed by atoms with Crippen molar-refractivity contribution in [2.24, 2.45) is 0 Å². The number of carbonyl (C=O) groups is 1. The minimum Gasteiger partial charge on any atom is -0.457 e. The fourth-order valence-corrected chi connectivity index (χ4v) is 3.35. The summed E-state index contributed by atoms with van der Waals surface area (Å²) in [5.74, 6) is -0.602. The molecule has 1 aromatic heterocycles. The van der Waals surface area contributed by atoms with E-state index in [0.717, 1.165) is 6.07 Å². The van der Waals surface area contributed by atoms with E-state index in [1.807, 2.05) is 0 Å². The van der Waals surface area contributed by atoms with Crippen LogP contribution < -0.4 is 4.74 Å². The Morgan fingerprint density at radius 2 is 1.64 bits per heavy atom. The summed E-state index contributed by atoms with van der Waals surface area (Å²) in [5, 5.41) is 4.19. The van der Waals surface area contributed by atoms with Crippen LogP contribution >= 0.6 is 0 Å². The quantitative estimate of drug-likeness (QED) is 0.243. The first-order chi connectivity index (χ1) is 15.8. The average Bonchev–Trinajstić information content (AvgIpc) is 3.21. The number of rotatable bonds is 7. The number of alkyl halides is 3. The molecule has 168 valence electrons. The van der Waals surface area contributed by atoms with Crippen molar-refractivity contribution in [3.63, 3.8) is 0 Å². The Balaban J connectivity index is 1.52. The van der Waals surface area contributed by atoms with Crippen molar-refractivity contribution in [3.05, 3.63) is 113 Å². The first-order valence-corrected chi connectivity index (χ1v) is 10.0. The summed E-state index contributed by atoms with van der Waals surface area (Å²) in [5.41, 5.74) is -0.560. The van der Waals surface area contributed by atoms with E-state index in [0.29, 0.717) is 11.4 Å². The maximum Gasteiger partial charge on any atom is 0.416 e. The molecule has 0 radical (unpaired) electrons. The molecule has 0 bridgehead atoms. The van der Waals surface area contributed by atoms with Crippen LogP contribution in [0.15, 0.2) is 85.1 Å². The summed E-state index contributed by atoms with van der Waals surface area (Å²) >= 11 is 0. The van der Waals surface area contributed by atoms with Crippen LogP contribution in [0.3, 0.4) is 0 Å². The van der Waals surface area contributed by atoms with E-state index in [9.17, 15) is 22.4 Å². The number of carbonyl (C=O) groups excluding carboxylic acids is 1. The average molecular weight is 454 g/mol. The minimum atomic E-state index is -4.60. The number of aromatic nitrogens is 2.